The zero-order valence-electron chi connectivity index (χ0n) is 25.8. The topological polar surface area (TPSA) is 61.9 Å². The second-order valence-corrected chi connectivity index (χ2v) is 19.5. The van der Waals surface area contributed by atoms with Crippen LogP contribution in [0.4, 0.5) is 0 Å². The van der Waals surface area contributed by atoms with E-state index in [1.54, 1.807) is 0 Å². The number of hydrogen-bond acceptors (Lipinski definition) is 8. The second-order valence-electron chi connectivity index (χ2n) is 9.55. The first kappa shape index (κ1) is 37.5. The molecule has 0 aromatic heterocycles. The van der Waals surface area contributed by atoms with Gasteiger partial charge in [0, 0.05) is 51.7 Å². The quantitative estimate of drug-likeness (QED) is 0.0993. The first-order valence-corrected chi connectivity index (χ1v) is 22.2. The van der Waals surface area contributed by atoms with Crippen LogP contribution in [0, 0.1) is 0 Å². The first-order valence-electron chi connectivity index (χ1n) is 15.1. The molecule has 0 aromatic rings. The highest BCUT2D eigenvalue weighted by Gasteiger charge is 2.40. The minimum absolute atomic E-state index is 0.170. The summed E-state index contributed by atoms with van der Waals surface area (Å²) in [5, 5.41) is 0. The molecule has 0 atom stereocenters. The Balaban J connectivity index is 4.00. The van der Waals surface area contributed by atoms with Crippen molar-refractivity contribution < 1.29 is 26.6 Å². The van der Waals surface area contributed by atoms with E-state index in [1.165, 1.54) is 44.4 Å². The van der Waals surface area contributed by atoms with Crippen LogP contribution in [0.15, 0.2) is 0 Å². The molecule has 0 heterocycles. The molecule has 0 saturated carbocycles. The van der Waals surface area contributed by atoms with Crippen molar-refractivity contribution in [3.63, 3.8) is 0 Å². The van der Waals surface area contributed by atoms with Crippen molar-refractivity contribution in [2.75, 3.05) is 66.8 Å². The van der Waals surface area contributed by atoms with Crippen molar-refractivity contribution in [2.24, 2.45) is 0 Å². The van der Waals surface area contributed by atoms with Gasteiger partial charge in [0.05, 0.1) is 19.4 Å². The van der Waals surface area contributed by atoms with Crippen LogP contribution < -0.4 is 0 Å². The average molecular weight is 599 g/mol. The lowest BCUT2D eigenvalue weighted by Crippen LogP contribution is -2.45. The molecule has 0 aromatic carbocycles. The summed E-state index contributed by atoms with van der Waals surface area (Å²) in [6, 6.07) is 4.60. The van der Waals surface area contributed by atoms with Crippen LogP contribution in [0.5, 0.6) is 0 Å². The maximum Gasteiger partial charge on any atom is 0.500 e. The first-order chi connectivity index (χ1) is 17.9. The summed E-state index contributed by atoms with van der Waals surface area (Å²) < 4.78 is 41.1. The zero-order chi connectivity index (χ0) is 27.8. The van der Waals surface area contributed by atoms with E-state index in [2.05, 4.69) is 23.2 Å². The molecule has 12 heteroatoms. The Morgan fingerprint density at radius 2 is 0.757 bits per heavy atom. The number of rotatable bonds is 28. The van der Waals surface area contributed by atoms with Crippen molar-refractivity contribution in [1.29, 1.82) is 0 Å². The molecular weight excluding hydrogens is 537 g/mol. The van der Waals surface area contributed by atoms with Gasteiger partial charge in [-0.1, -0.05) is 12.8 Å². The monoisotopic (exact) mass is 598 g/mol. The zero-order valence-corrected chi connectivity index (χ0v) is 30.6. The fraction of sp³-hybridized carbons (Fsp3) is 1.00. The lowest BCUT2D eigenvalue weighted by Gasteiger charge is -2.28. The third-order valence-corrected chi connectivity index (χ3v) is 16.4. The van der Waals surface area contributed by atoms with Gasteiger partial charge >= 0.3 is 17.6 Å². The minimum atomic E-state index is -2.46. The molecule has 0 radical (unpaired) electrons. The van der Waals surface area contributed by atoms with Gasteiger partial charge in [-0.3, -0.25) is 0 Å². The molecule has 0 spiro atoms. The molecule has 8 nitrogen and oxygen atoms in total. The van der Waals surface area contributed by atoms with Gasteiger partial charge in [-0.2, -0.15) is 0 Å². The normalized spacial score (nSPS) is 13.5. The van der Waals surface area contributed by atoms with Crippen LogP contribution in [-0.4, -0.2) is 113 Å². The fourth-order valence-electron chi connectivity index (χ4n) is 4.64. The Morgan fingerprint density at radius 3 is 1.03 bits per heavy atom. The largest absolute Gasteiger partial charge is 0.500 e. The number of unbranched alkanes of at least 4 members (excludes halogenated alkanes) is 2. The van der Waals surface area contributed by atoms with Crippen molar-refractivity contribution in [1.82, 2.24) is 9.13 Å². The molecule has 0 rings (SSSR count). The molecule has 0 amide bonds. The van der Waals surface area contributed by atoms with Crippen molar-refractivity contribution in [2.45, 2.75) is 97.8 Å². The summed E-state index contributed by atoms with van der Waals surface area (Å²) in [5.74, 6) is 0. The van der Waals surface area contributed by atoms with E-state index in [9.17, 15) is 0 Å². The molecule has 0 bridgehead atoms. The SMILES string of the molecule is CCO[Si](CCCC[SiH2]N(C)CCCN(C)[SiH2]CCCC[Si](OCC)(OCC)OCC)(OCC)OCC. The number of nitrogens with zero attached hydrogens (tertiary/aromatic N) is 2. The van der Waals surface area contributed by atoms with Gasteiger partial charge in [0.2, 0.25) is 0 Å². The van der Waals surface area contributed by atoms with Crippen molar-refractivity contribution in [3.8, 4) is 0 Å². The Hall–Kier alpha value is 0.548. The predicted molar refractivity (Wildman–Crippen MR) is 166 cm³/mol. The van der Waals surface area contributed by atoms with Gasteiger partial charge in [-0.15, -0.1) is 0 Å². The smallest absolute Gasteiger partial charge is 0.374 e. The van der Waals surface area contributed by atoms with E-state index in [0.29, 0.717) is 39.6 Å². The van der Waals surface area contributed by atoms with Gasteiger partial charge in [0.1, 0.15) is 0 Å². The molecule has 0 unspecified atom stereocenters. The van der Waals surface area contributed by atoms with E-state index < -0.39 is 17.6 Å². The van der Waals surface area contributed by atoms with E-state index in [4.69, 9.17) is 26.6 Å². The molecule has 0 aliphatic carbocycles. The van der Waals surface area contributed by atoms with E-state index in [-0.39, 0.29) is 19.4 Å². The van der Waals surface area contributed by atoms with Gasteiger partial charge < -0.3 is 35.7 Å². The Kier molecular flexibility index (Phi) is 24.7. The van der Waals surface area contributed by atoms with Gasteiger partial charge in [-0.25, -0.2) is 0 Å². The molecule has 37 heavy (non-hydrogen) atoms. The summed E-state index contributed by atoms with van der Waals surface area (Å²) >= 11 is 0. The Bertz CT molecular complexity index is 438. The Labute approximate surface area is 237 Å². The number of hydrogen-bond donors (Lipinski definition) is 0. The molecule has 0 fully saturated rings. The lowest BCUT2D eigenvalue weighted by molar-refractivity contribution is 0.0699. The lowest BCUT2D eigenvalue weighted by atomic mass is 10.4. The molecule has 0 aliphatic heterocycles. The van der Waals surface area contributed by atoms with E-state index in [0.717, 1.165) is 24.9 Å². The molecule has 224 valence electrons. The third-order valence-electron chi connectivity index (χ3n) is 6.31. The fourth-order valence-corrected chi connectivity index (χ4v) is 13.1. The highest BCUT2D eigenvalue weighted by molar-refractivity contribution is 6.61. The van der Waals surface area contributed by atoms with E-state index >= 15 is 0 Å². The van der Waals surface area contributed by atoms with Crippen LogP contribution in [0.25, 0.3) is 0 Å². The summed E-state index contributed by atoms with van der Waals surface area (Å²) in [4.78, 5) is 0. The molecule has 0 aliphatic rings. The minimum Gasteiger partial charge on any atom is -0.374 e. The van der Waals surface area contributed by atoms with Crippen LogP contribution in [0.3, 0.4) is 0 Å². The highest BCUT2D eigenvalue weighted by atomic mass is 28.4. The third kappa shape index (κ3) is 18.5. The van der Waals surface area contributed by atoms with Gasteiger partial charge in [0.25, 0.3) is 0 Å². The summed E-state index contributed by atoms with van der Waals surface area (Å²) in [5.41, 5.74) is 0. The molecule has 0 saturated heterocycles. The van der Waals surface area contributed by atoms with Crippen molar-refractivity contribution in [3.05, 3.63) is 0 Å². The summed E-state index contributed by atoms with van der Waals surface area (Å²) in [7, 11) is -0.634. The van der Waals surface area contributed by atoms with Crippen molar-refractivity contribution >= 4 is 37.0 Å². The van der Waals surface area contributed by atoms with Crippen LogP contribution in [0.2, 0.25) is 24.2 Å². The predicted octanol–water partition coefficient (Wildman–Crippen LogP) is 3.90. The maximum atomic E-state index is 5.98. The molecular formula is C25H62N2O6Si4. The second kappa shape index (κ2) is 24.4. The molecule has 0 N–H and O–H groups in total. The standard InChI is InChI=1S/C25H62N2O6Si4/c1-9-28-36(29-10-2,30-11-3)24-17-15-22-34-26(7)20-19-21-27(8)35-23-16-18-25-37(31-12-4,32-13-5)33-14-6/h9-25,34-35H2,1-8H3. The van der Waals surface area contributed by atoms with Crippen LogP contribution in [0.1, 0.15) is 73.6 Å². The van der Waals surface area contributed by atoms with Gasteiger partial charge in [-0.05, 0) is 100 Å². The Morgan fingerprint density at radius 1 is 0.459 bits per heavy atom. The van der Waals surface area contributed by atoms with Gasteiger partial charge in [0.15, 0.2) is 0 Å². The summed E-state index contributed by atoms with van der Waals surface area (Å²) in [6.07, 6.45) is 6.07. The maximum absolute atomic E-state index is 5.98. The summed E-state index contributed by atoms with van der Waals surface area (Å²) in [6.45, 7) is 18.6. The van der Waals surface area contributed by atoms with Crippen LogP contribution >= 0.6 is 0 Å². The highest BCUT2D eigenvalue weighted by Crippen LogP contribution is 2.21. The van der Waals surface area contributed by atoms with Crippen LogP contribution in [-0.2, 0) is 26.6 Å². The van der Waals surface area contributed by atoms with E-state index in [1.807, 2.05) is 41.5 Å². The average Bonchev–Trinajstić information content (AvgIpc) is 2.84.